The zero-order valence-electron chi connectivity index (χ0n) is 13.8. The van der Waals surface area contributed by atoms with Crippen molar-refractivity contribution in [1.29, 1.82) is 0 Å². The van der Waals surface area contributed by atoms with Crippen molar-refractivity contribution in [1.82, 2.24) is 9.97 Å². The number of carbonyl (C=O) groups excluding carboxylic acids is 1. The first-order valence-electron chi connectivity index (χ1n) is 8.51. The van der Waals surface area contributed by atoms with E-state index in [0.717, 1.165) is 49.3 Å². The zero-order valence-corrected chi connectivity index (χ0v) is 15.4. The Kier molecular flexibility index (Phi) is 3.80. The minimum absolute atomic E-state index is 0.0988. The molecule has 0 aliphatic heterocycles. The molecule has 6 heteroatoms. The summed E-state index contributed by atoms with van der Waals surface area (Å²) in [4.78, 5) is 21.8. The van der Waals surface area contributed by atoms with Crippen LogP contribution in [-0.4, -0.2) is 15.9 Å². The van der Waals surface area contributed by atoms with Gasteiger partial charge in [-0.25, -0.2) is 9.97 Å². The fraction of sp³-hybridized carbons (Fsp3) is 0.150. The van der Waals surface area contributed by atoms with Gasteiger partial charge in [-0.3, -0.25) is 4.79 Å². The van der Waals surface area contributed by atoms with Gasteiger partial charge < -0.3 is 5.32 Å². The first kappa shape index (κ1) is 15.7. The summed E-state index contributed by atoms with van der Waals surface area (Å²) in [5.41, 5.74) is 2.80. The number of aromatic nitrogens is 2. The van der Waals surface area contributed by atoms with E-state index in [9.17, 15) is 4.79 Å². The third-order valence-electron chi connectivity index (χ3n) is 4.34. The Morgan fingerprint density at radius 1 is 0.923 bits per heavy atom. The number of amides is 1. The van der Waals surface area contributed by atoms with Crippen molar-refractivity contribution < 1.29 is 4.79 Å². The van der Waals surface area contributed by atoms with Gasteiger partial charge in [-0.15, -0.1) is 11.3 Å². The molecule has 1 N–H and O–H groups in total. The summed E-state index contributed by atoms with van der Waals surface area (Å²) >= 11 is 3.13. The molecule has 0 radical (unpaired) electrons. The number of rotatable bonds is 4. The van der Waals surface area contributed by atoms with Crippen LogP contribution in [0.25, 0.3) is 31.5 Å². The smallest absolute Gasteiger partial charge is 0.228 e. The molecule has 128 valence electrons. The van der Waals surface area contributed by atoms with Gasteiger partial charge in [0.15, 0.2) is 10.0 Å². The van der Waals surface area contributed by atoms with E-state index in [0.29, 0.717) is 0 Å². The minimum atomic E-state index is 0.0988. The van der Waals surface area contributed by atoms with E-state index >= 15 is 0 Å². The summed E-state index contributed by atoms with van der Waals surface area (Å²) in [5.74, 6) is 0.258. The molecule has 1 saturated carbocycles. The molecule has 0 unspecified atom stereocenters. The Labute approximate surface area is 158 Å². The monoisotopic (exact) mass is 377 g/mol. The van der Waals surface area contributed by atoms with Crippen molar-refractivity contribution in [3.63, 3.8) is 0 Å². The number of anilines is 1. The Bertz CT molecular complexity index is 1060. The highest BCUT2D eigenvalue weighted by Crippen LogP contribution is 2.41. The number of hydrogen-bond acceptors (Lipinski definition) is 5. The van der Waals surface area contributed by atoms with Crippen molar-refractivity contribution in [2.24, 2.45) is 5.92 Å². The standard InChI is InChI=1S/C20H15N3OS2/c24-17(13-10-11-13)23-18-16(12-6-2-1-3-7-12)22-20(26-18)19-21-14-8-4-5-9-15(14)25-19/h1-9,13H,10-11H2,(H,23,24). The second-order valence-corrected chi connectivity index (χ2v) is 8.34. The van der Waals surface area contributed by atoms with Crippen LogP contribution in [0.15, 0.2) is 54.6 Å². The number of benzene rings is 2. The molecule has 1 amide bonds. The maximum absolute atomic E-state index is 12.3. The van der Waals surface area contributed by atoms with Crippen molar-refractivity contribution in [3.05, 3.63) is 54.6 Å². The molecule has 1 fully saturated rings. The Balaban J connectivity index is 1.59. The summed E-state index contributed by atoms with van der Waals surface area (Å²) in [5, 5.41) is 5.63. The van der Waals surface area contributed by atoms with Crippen molar-refractivity contribution in [2.75, 3.05) is 5.32 Å². The highest BCUT2D eigenvalue weighted by atomic mass is 32.1. The van der Waals surface area contributed by atoms with Crippen LogP contribution in [0, 0.1) is 5.92 Å². The lowest BCUT2D eigenvalue weighted by Crippen LogP contribution is -2.12. The second kappa shape index (κ2) is 6.30. The third kappa shape index (κ3) is 2.91. The molecule has 1 aliphatic carbocycles. The van der Waals surface area contributed by atoms with Gasteiger partial charge in [0.05, 0.1) is 10.2 Å². The van der Waals surface area contributed by atoms with Gasteiger partial charge in [0.25, 0.3) is 0 Å². The lowest BCUT2D eigenvalue weighted by molar-refractivity contribution is -0.117. The molecule has 0 saturated heterocycles. The highest BCUT2D eigenvalue weighted by Gasteiger charge is 2.31. The fourth-order valence-corrected chi connectivity index (χ4v) is 4.79. The SMILES string of the molecule is O=C(Nc1sc(-c2nc3ccccc3s2)nc1-c1ccccc1)C1CC1. The molecule has 2 aromatic carbocycles. The Morgan fingerprint density at radius 3 is 2.42 bits per heavy atom. The number of thiazole rings is 2. The summed E-state index contributed by atoms with van der Waals surface area (Å²) < 4.78 is 1.14. The number of hydrogen-bond donors (Lipinski definition) is 1. The average Bonchev–Trinajstić information content (AvgIpc) is 3.31. The van der Waals surface area contributed by atoms with Gasteiger partial charge in [-0.2, -0.15) is 0 Å². The molecule has 26 heavy (non-hydrogen) atoms. The number of carbonyl (C=O) groups is 1. The minimum Gasteiger partial charge on any atom is -0.316 e. The van der Waals surface area contributed by atoms with Gasteiger partial charge in [-0.05, 0) is 25.0 Å². The van der Waals surface area contributed by atoms with E-state index in [1.807, 2.05) is 48.5 Å². The molecule has 4 aromatic rings. The normalized spacial score (nSPS) is 13.8. The molecule has 0 spiro atoms. The Hall–Kier alpha value is -2.57. The number of para-hydroxylation sites is 1. The highest BCUT2D eigenvalue weighted by molar-refractivity contribution is 7.26. The predicted octanol–water partition coefficient (Wildman–Crippen LogP) is 5.44. The molecule has 0 atom stereocenters. The van der Waals surface area contributed by atoms with E-state index in [1.165, 1.54) is 11.3 Å². The predicted molar refractivity (Wildman–Crippen MR) is 108 cm³/mol. The largest absolute Gasteiger partial charge is 0.316 e. The average molecular weight is 377 g/mol. The third-order valence-corrected chi connectivity index (χ3v) is 6.49. The van der Waals surface area contributed by atoms with Crippen LogP contribution >= 0.6 is 22.7 Å². The first-order chi connectivity index (χ1) is 12.8. The summed E-state index contributed by atoms with van der Waals surface area (Å²) in [6.45, 7) is 0. The van der Waals surface area contributed by atoms with Crippen LogP contribution in [0.2, 0.25) is 0 Å². The van der Waals surface area contributed by atoms with Crippen LogP contribution in [0.4, 0.5) is 5.00 Å². The summed E-state index contributed by atoms with van der Waals surface area (Å²) in [6, 6.07) is 18.1. The van der Waals surface area contributed by atoms with Crippen LogP contribution in [-0.2, 0) is 4.79 Å². The zero-order chi connectivity index (χ0) is 17.5. The van der Waals surface area contributed by atoms with Gasteiger partial charge >= 0.3 is 0 Å². The first-order valence-corrected chi connectivity index (χ1v) is 10.1. The molecule has 4 nitrogen and oxygen atoms in total. The van der Waals surface area contributed by atoms with Gasteiger partial charge in [0, 0.05) is 11.5 Å². The molecule has 1 aliphatic rings. The summed E-state index contributed by atoms with van der Waals surface area (Å²) in [6.07, 6.45) is 1.96. The van der Waals surface area contributed by atoms with Crippen molar-refractivity contribution >= 4 is 43.8 Å². The van der Waals surface area contributed by atoms with E-state index < -0.39 is 0 Å². The maximum atomic E-state index is 12.3. The van der Waals surface area contributed by atoms with Crippen LogP contribution in [0.5, 0.6) is 0 Å². The van der Waals surface area contributed by atoms with Crippen LogP contribution in [0.1, 0.15) is 12.8 Å². The fourth-order valence-electron chi connectivity index (χ4n) is 2.81. The van der Waals surface area contributed by atoms with E-state index in [-0.39, 0.29) is 11.8 Å². The lowest BCUT2D eigenvalue weighted by Gasteiger charge is -2.04. The van der Waals surface area contributed by atoms with Crippen molar-refractivity contribution in [2.45, 2.75) is 12.8 Å². The molecular formula is C20H15N3OS2. The topological polar surface area (TPSA) is 54.9 Å². The van der Waals surface area contributed by atoms with Gasteiger partial charge in [0.2, 0.25) is 5.91 Å². The van der Waals surface area contributed by atoms with E-state index in [2.05, 4.69) is 11.4 Å². The van der Waals surface area contributed by atoms with E-state index in [1.54, 1.807) is 11.3 Å². The van der Waals surface area contributed by atoms with Crippen LogP contribution < -0.4 is 5.32 Å². The van der Waals surface area contributed by atoms with E-state index in [4.69, 9.17) is 9.97 Å². The number of nitrogens with one attached hydrogen (secondary N) is 1. The Morgan fingerprint density at radius 2 is 1.65 bits per heavy atom. The summed E-state index contributed by atoms with van der Waals surface area (Å²) in [7, 11) is 0. The second-order valence-electron chi connectivity index (χ2n) is 6.31. The van der Waals surface area contributed by atoms with Crippen LogP contribution in [0.3, 0.4) is 0 Å². The van der Waals surface area contributed by atoms with Gasteiger partial charge in [0.1, 0.15) is 10.7 Å². The number of nitrogens with zero attached hydrogens (tertiary/aromatic N) is 2. The maximum Gasteiger partial charge on any atom is 0.228 e. The quantitative estimate of drug-likeness (QED) is 0.515. The molecule has 0 bridgehead atoms. The van der Waals surface area contributed by atoms with Gasteiger partial charge in [-0.1, -0.05) is 53.8 Å². The number of fused-ring (bicyclic) bond motifs is 1. The van der Waals surface area contributed by atoms with Crippen molar-refractivity contribution in [3.8, 4) is 21.3 Å². The molecule has 2 heterocycles. The molecule has 5 rings (SSSR count). The molecule has 2 aromatic heterocycles. The molecular weight excluding hydrogens is 362 g/mol. The lowest BCUT2D eigenvalue weighted by atomic mass is 10.1.